The van der Waals surface area contributed by atoms with Crippen molar-refractivity contribution in [3.8, 4) is 5.75 Å². The van der Waals surface area contributed by atoms with Crippen molar-refractivity contribution in [2.45, 2.75) is 25.8 Å². The van der Waals surface area contributed by atoms with Gasteiger partial charge in [0.25, 0.3) is 5.91 Å². The third-order valence-corrected chi connectivity index (χ3v) is 3.69. The molecule has 5 heteroatoms. The topological polar surface area (TPSA) is 66.6 Å². The number of aromatic hydroxyl groups is 1. The van der Waals surface area contributed by atoms with E-state index in [0.29, 0.717) is 13.1 Å². The quantitative estimate of drug-likeness (QED) is 0.856. The molecule has 2 rings (SSSR count). The number of hydrogen-bond donors (Lipinski definition) is 2. The van der Waals surface area contributed by atoms with E-state index >= 15 is 0 Å². The molecule has 0 aromatic heterocycles. The van der Waals surface area contributed by atoms with Gasteiger partial charge in [-0.1, -0.05) is 6.07 Å². The van der Waals surface area contributed by atoms with Crippen molar-refractivity contribution in [3.05, 3.63) is 29.6 Å². The maximum Gasteiger partial charge on any atom is 0.260 e. The Balaban J connectivity index is 2.20. The Bertz CT molecular complexity index is 456. The fourth-order valence-electron chi connectivity index (χ4n) is 2.51. The van der Waals surface area contributed by atoms with Crippen LogP contribution in [0.5, 0.6) is 5.75 Å². The number of nitrogens with two attached hydrogens (primary N) is 1. The number of carbonyl (C=O) groups is 1. The predicted octanol–water partition coefficient (Wildman–Crippen LogP) is 1.73. The number of likely N-dealkylation sites (tertiary alicyclic amines) is 1. The Hall–Kier alpha value is -1.62. The van der Waals surface area contributed by atoms with E-state index in [9.17, 15) is 14.3 Å². The zero-order valence-electron chi connectivity index (χ0n) is 11.0. The van der Waals surface area contributed by atoms with Crippen LogP contribution in [0, 0.1) is 11.7 Å². The summed E-state index contributed by atoms with van der Waals surface area (Å²) in [5, 5.41) is 9.66. The predicted molar refractivity (Wildman–Crippen MR) is 70.3 cm³/mol. The molecule has 0 saturated carbocycles. The number of rotatable bonds is 2. The molecule has 2 atom stereocenters. The summed E-state index contributed by atoms with van der Waals surface area (Å²) in [4.78, 5) is 13.9. The molecule has 1 aliphatic rings. The van der Waals surface area contributed by atoms with Crippen LogP contribution in [0.2, 0.25) is 0 Å². The largest absolute Gasteiger partial charge is 0.507 e. The van der Waals surface area contributed by atoms with Crippen LogP contribution >= 0.6 is 0 Å². The maximum atomic E-state index is 13.7. The van der Waals surface area contributed by atoms with Gasteiger partial charge in [-0.05, 0) is 37.8 Å². The normalized spacial score (nSPS) is 21.2. The van der Waals surface area contributed by atoms with Crippen LogP contribution in [0.25, 0.3) is 0 Å². The van der Waals surface area contributed by atoms with Gasteiger partial charge in [0, 0.05) is 19.1 Å². The molecule has 1 aliphatic heterocycles. The van der Waals surface area contributed by atoms with Crippen molar-refractivity contribution < 1.29 is 14.3 Å². The number of piperidine rings is 1. The molecule has 0 radical (unpaired) electrons. The molecule has 0 bridgehead atoms. The molecule has 1 aromatic rings. The number of benzene rings is 1. The first kappa shape index (κ1) is 13.8. The standard InChI is InChI=1S/C14H19FN2O2/c1-9(16)10-4-3-7-17(8-10)14(19)13-11(15)5-2-6-12(13)18/h2,5-6,9-10,18H,3-4,7-8,16H2,1H3. The van der Waals surface area contributed by atoms with Gasteiger partial charge in [-0.15, -0.1) is 0 Å². The SMILES string of the molecule is CC(N)C1CCCN(C(=O)c2c(O)cccc2F)C1. The Morgan fingerprint density at radius 2 is 2.32 bits per heavy atom. The van der Waals surface area contributed by atoms with Gasteiger partial charge < -0.3 is 15.7 Å². The summed E-state index contributed by atoms with van der Waals surface area (Å²) in [6.45, 7) is 3.01. The van der Waals surface area contributed by atoms with Crippen molar-refractivity contribution in [2.24, 2.45) is 11.7 Å². The van der Waals surface area contributed by atoms with Gasteiger partial charge in [0.2, 0.25) is 0 Å². The Morgan fingerprint density at radius 1 is 1.58 bits per heavy atom. The minimum absolute atomic E-state index is 0.00446. The van der Waals surface area contributed by atoms with Gasteiger partial charge in [-0.3, -0.25) is 4.79 Å². The summed E-state index contributed by atoms with van der Waals surface area (Å²) in [5.41, 5.74) is 5.62. The van der Waals surface area contributed by atoms with E-state index in [1.165, 1.54) is 18.2 Å². The van der Waals surface area contributed by atoms with Gasteiger partial charge in [0.15, 0.2) is 0 Å². The van der Waals surface area contributed by atoms with Crippen molar-refractivity contribution in [1.29, 1.82) is 0 Å². The average Bonchev–Trinajstić information content (AvgIpc) is 2.38. The summed E-state index contributed by atoms with van der Waals surface area (Å²) in [6, 6.07) is 3.89. The fourth-order valence-corrected chi connectivity index (χ4v) is 2.51. The highest BCUT2D eigenvalue weighted by Crippen LogP contribution is 2.25. The lowest BCUT2D eigenvalue weighted by Gasteiger charge is -2.34. The molecule has 19 heavy (non-hydrogen) atoms. The number of phenolic OH excluding ortho intramolecular Hbond substituents is 1. The summed E-state index contributed by atoms with van der Waals surface area (Å²) in [6.07, 6.45) is 1.83. The van der Waals surface area contributed by atoms with E-state index in [1.54, 1.807) is 4.90 Å². The molecule has 1 saturated heterocycles. The third-order valence-electron chi connectivity index (χ3n) is 3.69. The second kappa shape index (κ2) is 5.57. The van der Waals surface area contributed by atoms with Gasteiger partial charge in [0.05, 0.1) is 0 Å². The molecule has 4 nitrogen and oxygen atoms in total. The lowest BCUT2D eigenvalue weighted by atomic mass is 9.92. The van der Waals surface area contributed by atoms with Crippen molar-refractivity contribution >= 4 is 5.91 Å². The zero-order valence-corrected chi connectivity index (χ0v) is 11.0. The highest BCUT2D eigenvalue weighted by atomic mass is 19.1. The van der Waals surface area contributed by atoms with E-state index in [1.807, 2.05) is 6.92 Å². The summed E-state index contributed by atoms with van der Waals surface area (Å²) < 4.78 is 13.7. The smallest absolute Gasteiger partial charge is 0.260 e. The van der Waals surface area contributed by atoms with Crippen molar-refractivity contribution in [3.63, 3.8) is 0 Å². The van der Waals surface area contributed by atoms with Gasteiger partial charge >= 0.3 is 0 Å². The first-order chi connectivity index (χ1) is 9.00. The van der Waals surface area contributed by atoms with E-state index in [0.717, 1.165) is 12.8 Å². The summed E-state index contributed by atoms with van der Waals surface area (Å²) in [7, 11) is 0. The number of hydrogen-bond acceptors (Lipinski definition) is 3. The first-order valence-electron chi connectivity index (χ1n) is 6.53. The number of amides is 1. The van der Waals surface area contributed by atoms with Crippen molar-refractivity contribution in [1.82, 2.24) is 4.90 Å². The number of phenols is 1. The third kappa shape index (κ3) is 2.87. The van der Waals surface area contributed by atoms with Crippen molar-refractivity contribution in [2.75, 3.05) is 13.1 Å². The van der Waals surface area contributed by atoms with Crippen LogP contribution in [0.4, 0.5) is 4.39 Å². The number of nitrogens with zero attached hydrogens (tertiary/aromatic N) is 1. The van der Waals surface area contributed by atoms with E-state index in [4.69, 9.17) is 5.73 Å². The Morgan fingerprint density at radius 3 is 2.95 bits per heavy atom. The van der Waals surface area contributed by atoms with Gasteiger partial charge in [-0.2, -0.15) is 0 Å². The molecular weight excluding hydrogens is 247 g/mol. The molecule has 0 aliphatic carbocycles. The Labute approximate surface area is 112 Å². The lowest BCUT2D eigenvalue weighted by Crippen LogP contribution is -2.45. The number of halogens is 1. The second-order valence-electron chi connectivity index (χ2n) is 5.15. The minimum atomic E-state index is -0.687. The molecule has 1 amide bonds. The van der Waals surface area contributed by atoms with Gasteiger partial charge in [0.1, 0.15) is 17.1 Å². The molecule has 104 valence electrons. The minimum Gasteiger partial charge on any atom is -0.507 e. The van der Waals surface area contributed by atoms with E-state index in [-0.39, 0.29) is 23.3 Å². The highest BCUT2D eigenvalue weighted by Gasteiger charge is 2.29. The van der Waals surface area contributed by atoms with Crippen LogP contribution in [0.3, 0.4) is 0 Å². The Kier molecular flexibility index (Phi) is 4.04. The average molecular weight is 266 g/mol. The van der Waals surface area contributed by atoms with Crippen LogP contribution < -0.4 is 5.73 Å². The second-order valence-corrected chi connectivity index (χ2v) is 5.15. The van der Waals surface area contributed by atoms with Gasteiger partial charge in [-0.25, -0.2) is 4.39 Å². The van der Waals surface area contributed by atoms with E-state index < -0.39 is 11.7 Å². The fraction of sp³-hybridized carbons (Fsp3) is 0.500. The van der Waals surface area contributed by atoms with Crippen LogP contribution in [0.1, 0.15) is 30.1 Å². The molecular formula is C14H19FN2O2. The molecule has 0 spiro atoms. The van der Waals surface area contributed by atoms with Crippen LogP contribution in [-0.4, -0.2) is 35.0 Å². The molecule has 1 fully saturated rings. The zero-order chi connectivity index (χ0) is 14.0. The highest BCUT2D eigenvalue weighted by molar-refractivity contribution is 5.97. The van der Waals surface area contributed by atoms with E-state index in [2.05, 4.69) is 0 Å². The molecule has 3 N–H and O–H groups in total. The van der Waals surface area contributed by atoms with Crippen LogP contribution in [-0.2, 0) is 0 Å². The molecule has 1 aromatic carbocycles. The summed E-state index contributed by atoms with van der Waals surface area (Å²) in [5.74, 6) is -1.23. The lowest BCUT2D eigenvalue weighted by molar-refractivity contribution is 0.0653. The van der Waals surface area contributed by atoms with Crippen LogP contribution in [0.15, 0.2) is 18.2 Å². The molecule has 1 heterocycles. The number of carbonyl (C=O) groups excluding carboxylic acids is 1. The maximum absolute atomic E-state index is 13.7. The molecule has 2 unspecified atom stereocenters. The monoisotopic (exact) mass is 266 g/mol. The summed E-state index contributed by atoms with van der Waals surface area (Å²) >= 11 is 0. The first-order valence-corrected chi connectivity index (χ1v) is 6.53.